The van der Waals surface area contributed by atoms with Gasteiger partial charge in [-0.1, -0.05) is 0 Å². The number of nitrogens with zero attached hydrogens (tertiary/aromatic N) is 1. The van der Waals surface area contributed by atoms with E-state index in [0.717, 1.165) is 25.9 Å². The zero-order valence-electron chi connectivity index (χ0n) is 8.84. The summed E-state index contributed by atoms with van der Waals surface area (Å²) in [6.07, 6.45) is 1.86. The molecule has 1 saturated heterocycles. The molecule has 1 heterocycles. The van der Waals surface area contributed by atoms with Crippen LogP contribution in [0.25, 0.3) is 0 Å². The summed E-state index contributed by atoms with van der Waals surface area (Å²) in [5.74, 6) is 0.783. The fourth-order valence-electron chi connectivity index (χ4n) is 1.51. The highest BCUT2D eigenvalue weighted by Crippen LogP contribution is 2.13. The fourth-order valence-corrected chi connectivity index (χ4v) is 1.51. The number of hydrogen-bond acceptors (Lipinski definition) is 2. The van der Waals surface area contributed by atoms with Crippen LogP contribution in [-0.4, -0.2) is 37.0 Å². The van der Waals surface area contributed by atoms with Crippen LogP contribution in [0.15, 0.2) is 0 Å². The molecule has 0 bridgehead atoms. The molecule has 3 heteroatoms. The molecule has 0 radical (unpaired) electrons. The molecule has 0 aromatic carbocycles. The molecule has 1 fully saturated rings. The Labute approximate surface area is 80.5 Å². The molecule has 1 N–H and O–H groups in total. The van der Waals surface area contributed by atoms with E-state index in [4.69, 9.17) is 0 Å². The molecular formula is C10H20N2O. The maximum Gasteiger partial charge on any atom is 0.220 e. The lowest BCUT2D eigenvalue weighted by atomic mass is 10.0. The van der Waals surface area contributed by atoms with Gasteiger partial charge in [0, 0.05) is 19.0 Å². The Kier molecular flexibility index (Phi) is 3.72. The summed E-state index contributed by atoms with van der Waals surface area (Å²) in [4.78, 5) is 13.2. The van der Waals surface area contributed by atoms with Crippen molar-refractivity contribution in [2.45, 2.75) is 32.7 Å². The van der Waals surface area contributed by atoms with Crippen LogP contribution in [-0.2, 0) is 4.79 Å². The van der Waals surface area contributed by atoms with Crippen molar-refractivity contribution in [1.29, 1.82) is 0 Å². The van der Waals surface area contributed by atoms with Crippen LogP contribution in [0.4, 0.5) is 0 Å². The lowest BCUT2D eigenvalue weighted by Crippen LogP contribution is -2.28. The SMILES string of the molecule is CC(C)N(C)CCC1CNC(=O)C1. The van der Waals surface area contributed by atoms with Crippen molar-refractivity contribution in [2.75, 3.05) is 20.1 Å². The third-order valence-electron chi connectivity index (χ3n) is 2.83. The number of nitrogens with one attached hydrogen (secondary N) is 1. The van der Waals surface area contributed by atoms with Gasteiger partial charge in [0.05, 0.1) is 0 Å². The number of rotatable bonds is 4. The van der Waals surface area contributed by atoms with Crippen molar-refractivity contribution in [3.8, 4) is 0 Å². The van der Waals surface area contributed by atoms with Crippen molar-refractivity contribution < 1.29 is 4.79 Å². The normalized spacial score (nSPS) is 22.8. The van der Waals surface area contributed by atoms with Gasteiger partial charge >= 0.3 is 0 Å². The average Bonchev–Trinajstić information content (AvgIpc) is 2.47. The highest BCUT2D eigenvalue weighted by Gasteiger charge is 2.21. The van der Waals surface area contributed by atoms with E-state index in [1.54, 1.807) is 0 Å². The molecule has 1 unspecified atom stereocenters. The van der Waals surface area contributed by atoms with Crippen LogP contribution in [0.3, 0.4) is 0 Å². The minimum Gasteiger partial charge on any atom is -0.356 e. The van der Waals surface area contributed by atoms with Gasteiger partial charge in [0.15, 0.2) is 0 Å². The van der Waals surface area contributed by atoms with Crippen LogP contribution in [0.2, 0.25) is 0 Å². The Morgan fingerprint density at radius 2 is 2.31 bits per heavy atom. The summed E-state index contributed by atoms with van der Waals surface area (Å²) in [5, 5.41) is 2.87. The molecule has 0 aliphatic carbocycles. The van der Waals surface area contributed by atoms with E-state index >= 15 is 0 Å². The summed E-state index contributed by atoms with van der Waals surface area (Å²) < 4.78 is 0. The van der Waals surface area contributed by atoms with Gasteiger partial charge in [-0.3, -0.25) is 4.79 Å². The first-order chi connectivity index (χ1) is 6.09. The van der Waals surface area contributed by atoms with E-state index < -0.39 is 0 Å². The van der Waals surface area contributed by atoms with Crippen LogP contribution in [0, 0.1) is 5.92 Å². The summed E-state index contributed by atoms with van der Waals surface area (Å²) in [6.45, 7) is 6.36. The van der Waals surface area contributed by atoms with Gasteiger partial charge < -0.3 is 10.2 Å². The monoisotopic (exact) mass is 184 g/mol. The van der Waals surface area contributed by atoms with Crippen LogP contribution in [0.1, 0.15) is 26.7 Å². The van der Waals surface area contributed by atoms with Crippen LogP contribution >= 0.6 is 0 Å². The second-order valence-electron chi connectivity index (χ2n) is 4.24. The van der Waals surface area contributed by atoms with Crippen molar-refractivity contribution in [3.05, 3.63) is 0 Å². The molecule has 0 aromatic heterocycles. The average molecular weight is 184 g/mol. The predicted molar refractivity (Wildman–Crippen MR) is 53.5 cm³/mol. The molecule has 1 amide bonds. The Hall–Kier alpha value is -0.570. The molecule has 0 aromatic rings. The molecular weight excluding hydrogens is 164 g/mol. The largest absolute Gasteiger partial charge is 0.356 e. The minimum atomic E-state index is 0.220. The summed E-state index contributed by atoms with van der Waals surface area (Å²) in [6, 6.07) is 0.602. The summed E-state index contributed by atoms with van der Waals surface area (Å²) in [7, 11) is 2.13. The van der Waals surface area contributed by atoms with Gasteiger partial charge in [-0.15, -0.1) is 0 Å². The first-order valence-corrected chi connectivity index (χ1v) is 5.06. The van der Waals surface area contributed by atoms with Gasteiger partial charge in [-0.25, -0.2) is 0 Å². The first kappa shape index (κ1) is 10.5. The Morgan fingerprint density at radius 3 is 2.77 bits per heavy atom. The number of carbonyl (C=O) groups excluding carboxylic acids is 1. The van der Waals surface area contributed by atoms with E-state index in [1.807, 2.05) is 0 Å². The van der Waals surface area contributed by atoms with Gasteiger partial charge in [-0.2, -0.15) is 0 Å². The smallest absolute Gasteiger partial charge is 0.220 e. The van der Waals surface area contributed by atoms with Crippen molar-refractivity contribution in [2.24, 2.45) is 5.92 Å². The molecule has 1 aliphatic rings. The molecule has 13 heavy (non-hydrogen) atoms. The Morgan fingerprint density at radius 1 is 1.62 bits per heavy atom. The highest BCUT2D eigenvalue weighted by atomic mass is 16.1. The molecule has 76 valence electrons. The van der Waals surface area contributed by atoms with Crippen molar-refractivity contribution in [3.63, 3.8) is 0 Å². The lowest BCUT2D eigenvalue weighted by molar-refractivity contribution is -0.119. The summed E-state index contributed by atoms with van der Waals surface area (Å²) >= 11 is 0. The molecule has 1 aliphatic heterocycles. The van der Waals surface area contributed by atoms with E-state index in [2.05, 4.69) is 31.1 Å². The summed E-state index contributed by atoms with van der Waals surface area (Å²) in [5.41, 5.74) is 0. The topological polar surface area (TPSA) is 32.3 Å². The standard InChI is InChI=1S/C10H20N2O/c1-8(2)12(3)5-4-9-6-10(13)11-7-9/h8-9H,4-7H2,1-3H3,(H,11,13). The molecule has 3 nitrogen and oxygen atoms in total. The maximum atomic E-state index is 10.9. The highest BCUT2D eigenvalue weighted by molar-refractivity contribution is 5.78. The van der Waals surface area contributed by atoms with Crippen molar-refractivity contribution in [1.82, 2.24) is 10.2 Å². The van der Waals surface area contributed by atoms with E-state index in [-0.39, 0.29) is 5.91 Å². The van der Waals surface area contributed by atoms with E-state index in [0.29, 0.717) is 12.0 Å². The Balaban J connectivity index is 2.16. The van der Waals surface area contributed by atoms with E-state index in [9.17, 15) is 4.79 Å². The molecule has 0 spiro atoms. The van der Waals surface area contributed by atoms with Gasteiger partial charge in [0.25, 0.3) is 0 Å². The third kappa shape index (κ3) is 3.35. The first-order valence-electron chi connectivity index (χ1n) is 5.06. The second-order valence-corrected chi connectivity index (χ2v) is 4.24. The maximum absolute atomic E-state index is 10.9. The fraction of sp³-hybridized carbons (Fsp3) is 0.900. The van der Waals surface area contributed by atoms with E-state index in [1.165, 1.54) is 0 Å². The second kappa shape index (κ2) is 4.61. The lowest BCUT2D eigenvalue weighted by Gasteiger charge is -2.22. The minimum absolute atomic E-state index is 0.220. The van der Waals surface area contributed by atoms with Gasteiger partial charge in [0.2, 0.25) is 5.91 Å². The van der Waals surface area contributed by atoms with Crippen LogP contribution < -0.4 is 5.32 Å². The number of amides is 1. The molecule has 1 rings (SSSR count). The van der Waals surface area contributed by atoms with Crippen LogP contribution in [0.5, 0.6) is 0 Å². The Bertz CT molecular complexity index is 180. The molecule has 0 saturated carbocycles. The van der Waals surface area contributed by atoms with Crippen molar-refractivity contribution >= 4 is 5.91 Å². The zero-order chi connectivity index (χ0) is 9.84. The number of carbonyl (C=O) groups is 1. The quantitative estimate of drug-likeness (QED) is 0.702. The third-order valence-corrected chi connectivity index (χ3v) is 2.83. The zero-order valence-corrected chi connectivity index (χ0v) is 8.84. The van der Waals surface area contributed by atoms with Gasteiger partial charge in [0.1, 0.15) is 0 Å². The number of hydrogen-bond donors (Lipinski definition) is 1. The molecule has 1 atom stereocenters. The van der Waals surface area contributed by atoms with Gasteiger partial charge in [-0.05, 0) is 39.8 Å². The predicted octanol–water partition coefficient (Wildman–Crippen LogP) is 0.853.